The number of hydrogen-bond acceptors (Lipinski definition) is 4. The van der Waals surface area contributed by atoms with E-state index in [2.05, 4.69) is 29.6 Å². The van der Waals surface area contributed by atoms with Gasteiger partial charge in [0.25, 0.3) is 5.91 Å². The van der Waals surface area contributed by atoms with Crippen LogP contribution in [0.2, 0.25) is 0 Å². The molecule has 1 amide bonds. The van der Waals surface area contributed by atoms with Gasteiger partial charge in [-0.05, 0) is 48.1 Å². The summed E-state index contributed by atoms with van der Waals surface area (Å²) in [6, 6.07) is 25.2. The van der Waals surface area contributed by atoms with Crippen molar-refractivity contribution in [3.8, 4) is 17.0 Å². The number of nitrogens with one attached hydrogen (secondary N) is 1. The fraction of sp³-hybridized carbons (Fsp3) is 0.258. The van der Waals surface area contributed by atoms with E-state index in [9.17, 15) is 9.59 Å². The highest BCUT2D eigenvalue weighted by Crippen LogP contribution is 2.32. The molecule has 6 heteroatoms. The van der Waals surface area contributed by atoms with Crippen molar-refractivity contribution in [3.05, 3.63) is 95.6 Å². The standard InChI is InChI=1S/C31H30N2O4/c34-30(35)20-37-25-15-16-26-27(18-28(33-29(26)17-25)24-9-5-2-6-10-24)31(36)32-19-21-11-13-23(14-12-21)22-7-3-1-4-8-22/h2,5-6,9-18,22H,1,3-4,7-8,19-20H2,(H,32,36)(H,34,35). The van der Waals surface area contributed by atoms with E-state index in [1.807, 2.05) is 30.3 Å². The Bertz CT molecular complexity index is 1390. The number of amides is 1. The first kappa shape index (κ1) is 24.5. The van der Waals surface area contributed by atoms with Gasteiger partial charge in [-0.1, -0.05) is 73.9 Å². The zero-order valence-electron chi connectivity index (χ0n) is 20.7. The van der Waals surface area contributed by atoms with Crippen LogP contribution in [-0.2, 0) is 11.3 Å². The molecule has 0 saturated heterocycles. The van der Waals surface area contributed by atoms with Crippen LogP contribution in [0.3, 0.4) is 0 Å². The Morgan fingerprint density at radius 3 is 2.41 bits per heavy atom. The largest absolute Gasteiger partial charge is 0.482 e. The summed E-state index contributed by atoms with van der Waals surface area (Å²) in [5, 5.41) is 12.7. The number of ether oxygens (including phenoxy) is 1. The normalized spacial score (nSPS) is 13.8. The summed E-state index contributed by atoms with van der Waals surface area (Å²) in [6.07, 6.45) is 6.48. The van der Waals surface area contributed by atoms with Crippen molar-refractivity contribution in [2.24, 2.45) is 0 Å². The minimum Gasteiger partial charge on any atom is -0.482 e. The molecule has 3 aromatic carbocycles. The van der Waals surface area contributed by atoms with Crippen molar-refractivity contribution in [1.29, 1.82) is 0 Å². The second kappa shape index (κ2) is 11.2. The van der Waals surface area contributed by atoms with Crippen molar-refractivity contribution in [2.45, 2.75) is 44.6 Å². The van der Waals surface area contributed by atoms with Crippen LogP contribution >= 0.6 is 0 Å². The topological polar surface area (TPSA) is 88.5 Å². The fourth-order valence-corrected chi connectivity index (χ4v) is 5.01. The Kier molecular flexibility index (Phi) is 7.45. The lowest BCUT2D eigenvalue weighted by molar-refractivity contribution is -0.139. The molecule has 1 aliphatic rings. The van der Waals surface area contributed by atoms with Gasteiger partial charge in [0.05, 0.1) is 16.8 Å². The monoisotopic (exact) mass is 494 g/mol. The second-order valence-corrected chi connectivity index (χ2v) is 9.54. The average molecular weight is 495 g/mol. The summed E-state index contributed by atoms with van der Waals surface area (Å²) < 4.78 is 5.34. The first-order valence-corrected chi connectivity index (χ1v) is 12.8. The molecule has 0 aliphatic heterocycles. The molecule has 6 nitrogen and oxygen atoms in total. The number of aliphatic carboxylic acids is 1. The lowest BCUT2D eigenvalue weighted by atomic mass is 9.84. The van der Waals surface area contributed by atoms with E-state index in [1.54, 1.807) is 24.3 Å². The first-order chi connectivity index (χ1) is 18.1. The zero-order valence-corrected chi connectivity index (χ0v) is 20.7. The SMILES string of the molecule is O=C(O)COc1ccc2c(C(=O)NCc3ccc(C4CCCCC4)cc3)cc(-c3ccccc3)nc2c1. The van der Waals surface area contributed by atoms with E-state index in [0.717, 1.165) is 11.1 Å². The molecule has 0 bridgehead atoms. The van der Waals surface area contributed by atoms with Crippen molar-refractivity contribution in [1.82, 2.24) is 10.3 Å². The number of fused-ring (bicyclic) bond motifs is 1. The van der Waals surface area contributed by atoms with E-state index >= 15 is 0 Å². The summed E-state index contributed by atoms with van der Waals surface area (Å²) >= 11 is 0. The molecule has 0 unspecified atom stereocenters. The van der Waals surface area contributed by atoms with Crippen LogP contribution in [0, 0.1) is 0 Å². The quantitative estimate of drug-likeness (QED) is 0.298. The van der Waals surface area contributed by atoms with Gasteiger partial charge in [0.1, 0.15) is 5.75 Å². The Morgan fingerprint density at radius 1 is 0.919 bits per heavy atom. The lowest BCUT2D eigenvalue weighted by Gasteiger charge is -2.22. The smallest absolute Gasteiger partial charge is 0.341 e. The summed E-state index contributed by atoms with van der Waals surface area (Å²) in [7, 11) is 0. The van der Waals surface area contributed by atoms with Gasteiger partial charge in [-0.3, -0.25) is 4.79 Å². The molecule has 1 heterocycles. The molecular weight excluding hydrogens is 464 g/mol. The Hall–Kier alpha value is -4.19. The van der Waals surface area contributed by atoms with Crippen LogP contribution in [0.4, 0.5) is 0 Å². The third-order valence-corrected chi connectivity index (χ3v) is 6.97. The van der Waals surface area contributed by atoms with Gasteiger partial charge >= 0.3 is 5.97 Å². The van der Waals surface area contributed by atoms with Crippen molar-refractivity contribution >= 4 is 22.8 Å². The van der Waals surface area contributed by atoms with Crippen LogP contribution in [0.1, 0.15) is 59.5 Å². The molecule has 0 radical (unpaired) electrons. The van der Waals surface area contributed by atoms with Crippen LogP contribution in [0.15, 0.2) is 78.9 Å². The molecule has 4 aromatic rings. The third kappa shape index (κ3) is 5.97. The number of carbonyl (C=O) groups excluding carboxylic acids is 1. The summed E-state index contributed by atoms with van der Waals surface area (Å²) in [5.74, 6) is -0.212. The fourth-order valence-electron chi connectivity index (χ4n) is 5.01. The van der Waals surface area contributed by atoms with Crippen molar-refractivity contribution in [2.75, 3.05) is 6.61 Å². The predicted molar refractivity (Wildman–Crippen MR) is 144 cm³/mol. The van der Waals surface area contributed by atoms with Gasteiger partial charge < -0.3 is 15.2 Å². The van der Waals surface area contributed by atoms with Gasteiger partial charge in [-0.25, -0.2) is 9.78 Å². The van der Waals surface area contributed by atoms with Crippen LogP contribution in [0.5, 0.6) is 5.75 Å². The molecule has 37 heavy (non-hydrogen) atoms. The number of rotatable bonds is 8. The number of hydrogen-bond donors (Lipinski definition) is 2. The predicted octanol–water partition coefficient (Wildman–Crippen LogP) is 6.34. The first-order valence-electron chi connectivity index (χ1n) is 12.8. The van der Waals surface area contributed by atoms with Crippen LogP contribution in [0.25, 0.3) is 22.2 Å². The third-order valence-electron chi connectivity index (χ3n) is 6.97. The van der Waals surface area contributed by atoms with E-state index in [-0.39, 0.29) is 5.91 Å². The molecule has 1 saturated carbocycles. The highest BCUT2D eigenvalue weighted by molar-refractivity contribution is 6.07. The Morgan fingerprint density at radius 2 is 1.68 bits per heavy atom. The zero-order chi connectivity index (χ0) is 25.6. The van der Waals surface area contributed by atoms with Gasteiger partial charge in [-0.15, -0.1) is 0 Å². The van der Waals surface area contributed by atoms with Crippen molar-refractivity contribution in [3.63, 3.8) is 0 Å². The molecule has 2 N–H and O–H groups in total. The molecule has 1 fully saturated rings. The van der Waals surface area contributed by atoms with Gasteiger partial charge in [-0.2, -0.15) is 0 Å². The number of pyridine rings is 1. The number of carbonyl (C=O) groups is 2. The van der Waals surface area contributed by atoms with Crippen LogP contribution in [-0.4, -0.2) is 28.6 Å². The van der Waals surface area contributed by atoms with Crippen molar-refractivity contribution < 1.29 is 19.4 Å². The number of carboxylic acids is 1. The minimum absolute atomic E-state index is 0.194. The van der Waals surface area contributed by atoms with Gasteiger partial charge in [0, 0.05) is 23.6 Å². The summed E-state index contributed by atoms with van der Waals surface area (Å²) in [4.78, 5) is 29.0. The van der Waals surface area contributed by atoms with E-state index < -0.39 is 12.6 Å². The minimum atomic E-state index is -1.06. The maximum absolute atomic E-state index is 13.4. The summed E-state index contributed by atoms with van der Waals surface area (Å²) in [5.41, 5.74) is 5.06. The highest BCUT2D eigenvalue weighted by Gasteiger charge is 2.17. The molecule has 1 aromatic heterocycles. The number of benzene rings is 3. The van der Waals surface area contributed by atoms with Gasteiger partial charge in [0.2, 0.25) is 0 Å². The van der Waals surface area contributed by atoms with E-state index in [1.165, 1.54) is 37.7 Å². The van der Waals surface area contributed by atoms with Gasteiger partial charge in [0.15, 0.2) is 6.61 Å². The van der Waals surface area contributed by atoms with Crippen LogP contribution < -0.4 is 10.1 Å². The Balaban J connectivity index is 1.39. The average Bonchev–Trinajstić information content (AvgIpc) is 2.95. The maximum Gasteiger partial charge on any atom is 0.341 e. The maximum atomic E-state index is 13.4. The number of carboxylic acid groups (broad SMARTS) is 1. The molecule has 0 atom stereocenters. The Labute approximate surface area is 216 Å². The van der Waals surface area contributed by atoms with E-state index in [4.69, 9.17) is 14.8 Å². The lowest BCUT2D eigenvalue weighted by Crippen LogP contribution is -2.23. The number of nitrogens with zero attached hydrogens (tertiary/aromatic N) is 1. The van der Waals surface area contributed by atoms with E-state index in [0.29, 0.717) is 40.4 Å². The summed E-state index contributed by atoms with van der Waals surface area (Å²) in [6.45, 7) is -0.0230. The molecule has 0 spiro atoms. The number of aromatic nitrogens is 1. The second-order valence-electron chi connectivity index (χ2n) is 9.54. The highest BCUT2D eigenvalue weighted by atomic mass is 16.5. The molecule has 188 valence electrons. The molecular formula is C31H30N2O4. The molecule has 5 rings (SSSR count). The molecule has 1 aliphatic carbocycles.